The second-order valence-electron chi connectivity index (χ2n) is 3.63. The SMILES string of the molecule is CCOc1nc(NC)nc(-c2ccnc(C)c2)n1. The lowest BCUT2D eigenvalue weighted by atomic mass is 10.2. The molecule has 0 aliphatic carbocycles. The Balaban J connectivity index is 2.46. The smallest absolute Gasteiger partial charge is 0.321 e. The van der Waals surface area contributed by atoms with Gasteiger partial charge in [0.25, 0.3) is 0 Å². The zero-order valence-corrected chi connectivity index (χ0v) is 10.6. The van der Waals surface area contributed by atoms with Crippen LogP contribution in [-0.2, 0) is 0 Å². The fourth-order valence-electron chi connectivity index (χ4n) is 1.48. The molecule has 6 nitrogen and oxygen atoms in total. The summed E-state index contributed by atoms with van der Waals surface area (Å²) in [6.07, 6.45) is 1.73. The number of nitrogens with one attached hydrogen (secondary N) is 1. The van der Waals surface area contributed by atoms with Gasteiger partial charge in [0.2, 0.25) is 5.95 Å². The molecule has 0 spiro atoms. The van der Waals surface area contributed by atoms with Gasteiger partial charge < -0.3 is 10.1 Å². The van der Waals surface area contributed by atoms with Crippen LogP contribution in [0.2, 0.25) is 0 Å². The van der Waals surface area contributed by atoms with Crippen LogP contribution < -0.4 is 10.1 Å². The normalized spacial score (nSPS) is 10.2. The maximum absolute atomic E-state index is 5.32. The van der Waals surface area contributed by atoms with Crippen LogP contribution in [0.25, 0.3) is 11.4 Å². The van der Waals surface area contributed by atoms with Crippen molar-refractivity contribution in [1.82, 2.24) is 19.9 Å². The Morgan fingerprint density at radius 3 is 2.78 bits per heavy atom. The number of nitrogens with zero attached hydrogens (tertiary/aromatic N) is 4. The molecular weight excluding hydrogens is 230 g/mol. The Bertz CT molecular complexity index is 544. The maximum atomic E-state index is 5.32. The fraction of sp³-hybridized carbons (Fsp3) is 0.333. The molecule has 1 N–H and O–H groups in total. The quantitative estimate of drug-likeness (QED) is 0.883. The van der Waals surface area contributed by atoms with Crippen LogP contribution in [-0.4, -0.2) is 33.6 Å². The summed E-state index contributed by atoms with van der Waals surface area (Å²) < 4.78 is 5.32. The lowest BCUT2D eigenvalue weighted by Gasteiger charge is -2.07. The summed E-state index contributed by atoms with van der Waals surface area (Å²) in [7, 11) is 1.76. The molecule has 0 aliphatic heterocycles. The molecule has 0 aromatic carbocycles. The molecule has 2 aromatic heterocycles. The summed E-state index contributed by atoms with van der Waals surface area (Å²) in [6.45, 7) is 4.33. The Kier molecular flexibility index (Phi) is 3.66. The molecule has 0 radical (unpaired) electrons. The van der Waals surface area contributed by atoms with E-state index in [-0.39, 0.29) is 0 Å². The minimum absolute atomic E-state index is 0.321. The van der Waals surface area contributed by atoms with E-state index in [0.29, 0.717) is 24.4 Å². The number of pyridine rings is 1. The molecule has 0 bridgehead atoms. The Hall–Kier alpha value is -2.24. The summed E-state index contributed by atoms with van der Waals surface area (Å²) in [6, 6.07) is 4.10. The molecule has 0 atom stereocenters. The molecule has 0 saturated heterocycles. The summed E-state index contributed by atoms with van der Waals surface area (Å²) in [5.74, 6) is 1.06. The Morgan fingerprint density at radius 1 is 1.28 bits per heavy atom. The van der Waals surface area contributed by atoms with Crippen molar-refractivity contribution in [2.24, 2.45) is 0 Å². The topological polar surface area (TPSA) is 72.8 Å². The summed E-state index contributed by atoms with van der Waals surface area (Å²) in [5, 5.41) is 2.89. The van der Waals surface area contributed by atoms with E-state index >= 15 is 0 Å². The van der Waals surface area contributed by atoms with Crippen molar-refractivity contribution in [2.45, 2.75) is 13.8 Å². The highest BCUT2D eigenvalue weighted by atomic mass is 16.5. The van der Waals surface area contributed by atoms with E-state index in [0.717, 1.165) is 11.3 Å². The van der Waals surface area contributed by atoms with Gasteiger partial charge in [-0.1, -0.05) is 0 Å². The lowest BCUT2D eigenvalue weighted by molar-refractivity contribution is 0.312. The molecule has 0 aliphatic rings. The van der Waals surface area contributed by atoms with Crippen molar-refractivity contribution in [3.63, 3.8) is 0 Å². The number of aromatic nitrogens is 4. The number of hydrogen-bond acceptors (Lipinski definition) is 6. The highest BCUT2D eigenvalue weighted by molar-refractivity contribution is 5.56. The van der Waals surface area contributed by atoms with Crippen LogP contribution in [0.1, 0.15) is 12.6 Å². The summed E-state index contributed by atoms with van der Waals surface area (Å²) in [4.78, 5) is 16.8. The van der Waals surface area contributed by atoms with Gasteiger partial charge in [0.15, 0.2) is 5.82 Å². The molecule has 2 heterocycles. The Labute approximate surface area is 105 Å². The van der Waals surface area contributed by atoms with E-state index in [2.05, 4.69) is 25.3 Å². The van der Waals surface area contributed by atoms with Crippen LogP contribution in [0, 0.1) is 6.92 Å². The van der Waals surface area contributed by atoms with E-state index in [4.69, 9.17) is 4.74 Å². The standard InChI is InChI=1S/C12H15N5O/c1-4-18-12-16-10(15-11(13-3)17-12)9-5-6-14-8(2)7-9/h5-7H,4H2,1-3H3,(H,13,15,16,17). The second kappa shape index (κ2) is 5.39. The average Bonchev–Trinajstić information content (AvgIpc) is 2.39. The van der Waals surface area contributed by atoms with E-state index in [1.165, 1.54) is 0 Å². The number of anilines is 1. The average molecular weight is 245 g/mol. The highest BCUT2D eigenvalue weighted by Gasteiger charge is 2.08. The zero-order chi connectivity index (χ0) is 13.0. The van der Waals surface area contributed by atoms with Gasteiger partial charge in [0.05, 0.1) is 6.61 Å². The van der Waals surface area contributed by atoms with Crippen molar-refractivity contribution in [1.29, 1.82) is 0 Å². The van der Waals surface area contributed by atoms with Gasteiger partial charge in [0, 0.05) is 24.5 Å². The van der Waals surface area contributed by atoms with E-state index in [1.807, 2.05) is 26.0 Å². The van der Waals surface area contributed by atoms with Gasteiger partial charge in [0.1, 0.15) is 0 Å². The molecule has 6 heteroatoms. The monoisotopic (exact) mass is 245 g/mol. The first-order valence-corrected chi connectivity index (χ1v) is 5.72. The van der Waals surface area contributed by atoms with Crippen molar-refractivity contribution in [2.75, 3.05) is 19.0 Å². The van der Waals surface area contributed by atoms with Crippen LogP contribution in [0.5, 0.6) is 6.01 Å². The molecule has 0 unspecified atom stereocenters. The molecule has 18 heavy (non-hydrogen) atoms. The molecule has 0 saturated carbocycles. The summed E-state index contributed by atoms with van der Waals surface area (Å²) >= 11 is 0. The van der Waals surface area contributed by atoms with E-state index in [9.17, 15) is 0 Å². The molecule has 94 valence electrons. The minimum atomic E-state index is 0.321. The first-order valence-electron chi connectivity index (χ1n) is 5.72. The van der Waals surface area contributed by atoms with Crippen LogP contribution >= 0.6 is 0 Å². The predicted molar refractivity (Wildman–Crippen MR) is 68.5 cm³/mol. The number of rotatable bonds is 4. The largest absolute Gasteiger partial charge is 0.464 e. The maximum Gasteiger partial charge on any atom is 0.321 e. The number of aryl methyl sites for hydroxylation is 1. The van der Waals surface area contributed by atoms with Crippen LogP contribution in [0.3, 0.4) is 0 Å². The molecule has 2 rings (SSSR count). The number of hydrogen-bond donors (Lipinski definition) is 1. The first kappa shape index (κ1) is 12.2. The van der Waals surface area contributed by atoms with Crippen molar-refractivity contribution in [3.05, 3.63) is 24.0 Å². The van der Waals surface area contributed by atoms with Gasteiger partial charge in [-0.15, -0.1) is 0 Å². The number of ether oxygens (including phenoxy) is 1. The summed E-state index contributed by atoms with van der Waals surface area (Å²) in [5.41, 5.74) is 1.80. The third kappa shape index (κ3) is 2.71. The highest BCUT2D eigenvalue weighted by Crippen LogP contribution is 2.18. The van der Waals surface area contributed by atoms with Crippen molar-refractivity contribution >= 4 is 5.95 Å². The third-order valence-corrected chi connectivity index (χ3v) is 2.27. The molecular formula is C12H15N5O. The van der Waals surface area contributed by atoms with Gasteiger partial charge in [-0.3, -0.25) is 4.98 Å². The zero-order valence-electron chi connectivity index (χ0n) is 10.6. The fourth-order valence-corrected chi connectivity index (χ4v) is 1.48. The lowest BCUT2D eigenvalue weighted by Crippen LogP contribution is -2.05. The van der Waals surface area contributed by atoms with Crippen LogP contribution in [0.4, 0.5) is 5.95 Å². The van der Waals surface area contributed by atoms with Gasteiger partial charge in [-0.05, 0) is 26.0 Å². The molecule has 2 aromatic rings. The van der Waals surface area contributed by atoms with Gasteiger partial charge >= 0.3 is 6.01 Å². The Morgan fingerprint density at radius 2 is 2.11 bits per heavy atom. The molecule has 0 amide bonds. The van der Waals surface area contributed by atoms with E-state index in [1.54, 1.807) is 13.2 Å². The van der Waals surface area contributed by atoms with Crippen molar-refractivity contribution in [3.8, 4) is 17.4 Å². The van der Waals surface area contributed by atoms with Gasteiger partial charge in [-0.25, -0.2) is 0 Å². The first-order chi connectivity index (χ1) is 8.72. The minimum Gasteiger partial charge on any atom is -0.464 e. The predicted octanol–water partition coefficient (Wildman–Crippen LogP) is 1.68. The molecule has 0 fully saturated rings. The third-order valence-electron chi connectivity index (χ3n) is 2.27. The second-order valence-corrected chi connectivity index (χ2v) is 3.63. The van der Waals surface area contributed by atoms with Gasteiger partial charge in [-0.2, -0.15) is 15.0 Å². The van der Waals surface area contributed by atoms with E-state index < -0.39 is 0 Å². The van der Waals surface area contributed by atoms with Crippen molar-refractivity contribution < 1.29 is 4.74 Å². The van der Waals surface area contributed by atoms with Crippen LogP contribution in [0.15, 0.2) is 18.3 Å².